The van der Waals surface area contributed by atoms with Crippen LogP contribution in [-0.4, -0.2) is 0 Å². The zero-order valence-corrected chi connectivity index (χ0v) is 7.77. The summed E-state index contributed by atoms with van der Waals surface area (Å²) in [6.45, 7) is 4.36. The van der Waals surface area contributed by atoms with Gasteiger partial charge in [0.25, 0.3) is 0 Å². The molecule has 8 heavy (non-hydrogen) atoms. The Labute approximate surface area is 69.8 Å². The molecule has 0 radical (unpaired) electrons. The molecular weight excluding hydrogens is 175 g/mol. The molecule has 0 amide bonds. The smallest absolute Gasteiger partial charge is 0 e. The summed E-state index contributed by atoms with van der Waals surface area (Å²) in [6, 6.07) is 0. The molecular formula is C7H10Zr. The SMILES string of the molecule is CC1=CC=CC1C.[Zr]. The summed E-state index contributed by atoms with van der Waals surface area (Å²) < 4.78 is 0. The van der Waals surface area contributed by atoms with Crippen LogP contribution < -0.4 is 0 Å². The van der Waals surface area contributed by atoms with Crippen LogP contribution in [0, 0.1) is 5.92 Å². The van der Waals surface area contributed by atoms with Crippen LogP contribution in [-0.2, 0) is 26.2 Å². The molecule has 0 aromatic carbocycles. The monoisotopic (exact) mass is 184 g/mol. The molecule has 0 saturated heterocycles. The Hall–Kier alpha value is 0.363. The van der Waals surface area contributed by atoms with Gasteiger partial charge in [-0.1, -0.05) is 30.7 Å². The van der Waals surface area contributed by atoms with Crippen molar-refractivity contribution < 1.29 is 26.2 Å². The molecule has 1 heteroatoms. The second-order valence-corrected chi connectivity index (χ2v) is 2.08. The molecule has 0 fully saturated rings. The van der Waals surface area contributed by atoms with Gasteiger partial charge >= 0.3 is 0 Å². The summed E-state index contributed by atoms with van der Waals surface area (Å²) in [5.41, 5.74) is 1.47. The first kappa shape index (κ1) is 8.36. The van der Waals surface area contributed by atoms with E-state index in [0.717, 1.165) is 0 Å². The summed E-state index contributed by atoms with van der Waals surface area (Å²) in [7, 11) is 0. The third kappa shape index (κ3) is 1.70. The van der Waals surface area contributed by atoms with Crippen molar-refractivity contribution in [2.24, 2.45) is 5.92 Å². The van der Waals surface area contributed by atoms with Gasteiger partial charge in [-0.2, -0.15) is 0 Å². The first-order valence-corrected chi connectivity index (χ1v) is 2.65. The zero-order chi connectivity index (χ0) is 5.28. The van der Waals surface area contributed by atoms with Crippen LogP contribution >= 0.6 is 0 Å². The normalized spacial score (nSPS) is 24.8. The van der Waals surface area contributed by atoms with Crippen LogP contribution in [0.1, 0.15) is 13.8 Å². The molecule has 1 aliphatic rings. The van der Waals surface area contributed by atoms with Crippen molar-refractivity contribution in [2.75, 3.05) is 0 Å². The van der Waals surface area contributed by atoms with Crippen LogP contribution in [0.25, 0.3) is 0 Å². The molecule has 42 valence electrons. The summed E-state index contributed by atoms with van der Waals surface area (Å²) in [5, 5.41) is 0. The molecule has 1 unspecified atom stereocenters. The van der Waals surface area contributed by atoms with Crippen molar-refractivity contribution in [2.45, 2.75) is 13.8 Å². The Morgan fingerprint density at radius 2 is 2.12 bits per heavy atom. The van der Waals surface area contributed by atoms with Crippen LogP contribution in [0.4, 0.5) is 0 Å². The fourth-order valence-corrected chi connectivity index (χ4v) is 0.678. The van der Waals surface area contributed by atoms with Crippen molar-refractivity contribution in [3.8, 4) is 0 Å². The van der Waals surface area contributed by atoms with Crippen molar-refractivity contribution in [3.63, 3.8) is 0 Å². The van der Waals surface area contributed by atoms with E-state index >= 15 is 0 Å². The number of allylic oxidation sites excluding steroid dienone is 4. The molecule has 1 rings (SSSR count). The predicted molar refractivity (Wildman–Crippen MR) is 32.1 cm³/mol. The summed E-state index contributed by atoms with van der Waals surface area (Å²) >= 11 is 0. The third-order valence-electron chi connectivity index (χ3n) is 1.48. The maximum Gasteiger partial charge on any atom is 0 e. The van der Waals surface area contributed by atoms with Gasteiger partial charge < -0.3 is 0 Å². The van der Waals surface area contributed by atoms with Crippen molar-refractivity contribution in [3.05, 3.63) is 23.8 Å². The Morgan fingerprint density at radius 3 is 2.25 bits per heavy atom. The van der Waals surface area contributed by atoms with Crippen molar-refractivity contribution in [1.82, 2.24) is 0 Å². The molecule has 0 aliphatic heterocycles. The minimum Gasteiger partial charge on any atom is -0.0776 e. The van der Waals surface area contributed by atoms with E-state index in [0.29, 0.717) is 5.92 Å². The molecule has 1 aliphatic carbocycles. The minimum absolute atomic E-state index is 0. The van der Waals surface area contributed by atoms with Crippen LogP contribution in [0.3, 0.4) is 0 Å². The van der Waals surface area contributed by atoms with Gasteiger partial charge in [0.1, 0.15) is 0 Å². The van der Waals surface area contributed by atoms with E-state index in [4.69, 9.17) is 0 Å². The first-order chi connectivity index (χ1) is 3.30. The molecule has 0 bridgehead atoms. The summed E-state index contributed by atoms with van der Waals surface area (Å²) in [6.07, 6.45) is 6.47. The molecule has 0 aromatic rings. The molecule has 0 nitrogen and oxygen atoms in total. The van der Waals surface area contributed by atoms with Gasteiger partial charge in [0.05, 0.1) is 0 Å². The van der Waals surface area contributed by atoms with E-state index in [1.807, 2.05) is 0 Å². The standard InChI is InChI=1S/C7H10.Zr/c1-6-4-3-5-7(6)2;/h3-6H,1-2H3;. The van der Waals surface area contributed by atoms with E-state index in [9.17, 15) is 0 Å². The van der Waals surface area contributed by atoms with E-state index in [1.54, 1.807) is 0 Å². The van der Waals surface area contributed by atoms with E-state index < -0.39 is 0 Å². The number of rotatable bonds is 0. The zero-order valence-electron chi connectivity index (χ0n) is 5.31. The third-order valence-corrected chi connectivity index (χ3v) is 1.48. The topological polar surface area (TPSA) is 0 Å². The first-order valence-electron chi connectivity index (χ1n) is 2.65. The summed E-state index contributed by atoms with van der Waals surface area (Å²) in [5.74, 6) is 0.694. The van der Waals surface area contributed by atoms with E-state index in [1.165, 1.54) is 5.57 Å². The Balaban J connectivity index is 0.000000490. The number of hydrogen-bond acceptors (Lipinski definition) is 0. The van der Waals surface area contributed by atoms with Gasteiger partial charge in [-0.15, -0.1) is 0 Å². The second-order valence-electron chi connectivity index (χ2n) is 2.08. The predicted octanol–water partition coefficient (Wildman–Crippen LogP) is 2.14. The average Bonchev–Trinajstić information content (AvgIpc) is 1.91. The molecule has 0 saturated carbocycles. The van der Waals surface area contributed by atoms with Crippen LogP contribution in [0.15, 0.2) is 23.8 Å². The summed E-state index contributed by atoms with van der Waals surface area (Å²) in [4.78, 5) is 0. The Morgan fingerprint density at radius 1 is 1.50 bits per heavy atom. The number of hydrogen-bond donors (Lipinski definition) is 0. The second kappa shape index (κ2) is 3.40. The fraction of sp³-hybridized carbons (Fsp3) is 0.429. The molecule has 0 N–H and O–H groups in total. The van der Waals surface area contributed by atoms with Gasteiger partial charge in [-0.3, -0.25) is 0 Å². The quantitative estimate of drug-likeness (QED) is 0.542. The van der Waals surface area contributed by atoms with Gasteiger partial charge in [-0.05, 0) is 12.8 Å². The van der Waals surface area contributed by atoms with Gasteiger partial charge in [0, 0.05) is 26.2 Å². The maximum atomic E-state index is 2.20. The van der Waals surface area contributed by atoms with Crippen LogP contribution in [0.2, 0.25) is 0 Å². The molecule has 1 atom stereocenters. The van der Waals surface area contributed by atoms with Gasteiger partial charge in [-0.25, -0.2) is 0 Å². The van der Waals surface area contributed by atoms with E-state index in [2.05, 4.69) is 32.1 Å². The van der Waals surface area contributed by atoms with Crippen molar-refractivity contribution in [1.29, 1.82) is 0 Å². The van der Waals surface area contributed by atoms with Gasteiger partial charge in [0.15, 0.2) is 0 Å². The van der Waals surface area contributed by atoms with Crippen LogP contribution in [0.5, 0.6) is 0 Å². The average molecular weight is 185 g/mol. The Kier molecular flexibility index (Phi) is 3.55. The van der Waals surface area contributed by atoms with E-state index in [-0.39, 0.29) is 26.2 Å². The maximum absolute atomic E-state index is 2.20. The molecule has 0 heterocycles. The molecule has 0 aromatic heterocycles. The molecule has 0 spiro atoms. The Bertz CT molecular complexity index is 122. The van der Waals surface area contributed by atoms with Gasteiger partial charge in [0.2, 0.25) is 0 Å². The fourth-order valence-electron chi connectivity index (χ4n) is 0.678. The van der Waals surface area contributed by atoms with Crippen molar-refractivity contribution >= 4 is 0 Å². The minimum atomic E-state index is 0. The largest absolute Gasteiger partial charge is 0.0776 e.